The van der Waals surface area contributed by atoms with Gasteiger partial charge in [-0.15, -0.1) is 0 Å². The Kier molecular flexibility index (Phi) is 4.77. The number of pyridine rings is 2. The number of benzene rings is 1. The summed E-state index contributed by atoms with van der Waals surface area (Å²) in [7, 11) is 0. The Bertz CT molecular complexity index is 1070. The van der Waals surface area contributed by atoms with Crippen LogP contribution in [0.5, 0.6) is 0 Å². The zero-order valence-electron chi connectivity index (χ0n) is 16.0. The fraction of sp³-hybridized carbons (Fsp3) is 0.273. The molecule has 0 radical (unpaired) electrons. The molecule has 0 spiro atoms. The first-order valence-electron chi connectivity index (χ1n) is 9.46. The van der Waals surface area contributed by atoms with Gasteiger partial charge in [0.15, 0.2) is 11.4 Å². The van der Waals surface area contributed by atoms with E-state index in [1.165, 1.54) is 6.92 Å². The van der Waals surface area contributed by atoms with Crippen LogP contribution in [-0.4, -0.2) is 39.6 Å². The number of amides is 1. The average molecular weight is 374 g/mol. The number of hydrogen-bond acceptors (Lipinski definition) is 5. The lowest BCUT2D eigenvalue weighted by Gasteiger charge is -2.19. The van der Waals surface area contributed by atoms with Crippen LogP contribution >= 0.6 is 0 Å². The van der Waals surface area contributed by atoms with E-state index in [-0.39, 0.29) is 11.7 Å². The maximum atomic E-state index is 13.1. The maximum Gasteiger partial charge on any atom is 0.257 e. The predicted octanol–water partition coefficient (Wildman–Crippen LogP) is 4.12. The quantitative estimate of drug-likeness (QED) is 0.695. The molecule has 1 saturated heterocycles. The van der Waals surface area contributed by atoms with Crippen molar-refractivity contribution >= 4 is 34.1 Å². The molecule has 1 aromatic carbocycles. The second-order valence-corrected chi connectivity index (χ2v) is 7.13. The number of likely N-dealkylation sites (tertiary alicyclic amines) is 1. The Morgan fingerprint density at radius 2 is 1.89 bits per heavy atom. The number of Topliss-reactive ketones (excluding diaryl/α,β-unsaturated/α-hetero) is 1. The number of hydrogen-bond donors (Lipinski definition) is 1. The Morgan fingerprint density at radius 1 is 1.11 bits per heavy atom. The molecule has 1 aliphatic heterocycles. The van der Waals surface area contributed by atoms with E-state index in [2.05, 4.69) is 15.3 Å². The first-order valence-corrected chi connectivity index (χ1v) is 9.46. The second-order valence-electron chi connectivity index (χ2n) is 7.13. The van der Waals surface area contributed by atoms with Crippen LogP contribution in [0, 0.1) is 6.92 Å². The third-order valence-corrected chi connectivity index (χ3v) is 5.03. The van der Waals surface area contributed by atoms with Crippen LogP contribution in [-0.2, 0) is 0 Å². The molecule has 1 fully saturated rings. The van der Waals surface area contributed by atoms with Crippen LogP contribution in [0.2, 0.25) is 0 Å². The van der Waals surface area contributed by atoms with Gasteiger partial charge >= 0.3 is 0 Å². The van der Waals surface area contributed by atoms with Crippen LogP contribution in [0.1, 0.15) is 46.2 Å². The number of nitrogens with zero attached hydrogens (tertiary/aromatic N) is 3. The zero-order chi connectivity index (χ0) is 19.7. The zero-order valence-corrected chi connectivity index (χ0v) is 16.0. The number of nitrogens with one attached hydrogen (secondary N) is 1. The summed E-state index contributed by atoms with van der Waals surface area (Å²) >= 11 is 0. The Labute approximate surface area is 163 Å². The minimum absolute atomic E-state index is 0.00565. The highest BCUT2D eigenvalue weighted by atomic mass is 16.2. The molecule has 6 heteroatoms. The van der Waals surface area contributed by atoms with Gasteiger partial charge in [-0.25, -0.2) is 9.97 Å². The van der Waals surface area contributed by atoms with Crippen molar-refractivity contribution in [1.82, 2.24) is 14.9 Å². The van der Waals surface area contributed by atoms with Gasteiger partial charge in [0.25, 0.3) is 5.91 Å². The van der Waals surface area contributed by atoms with E-state index in [0.29, 0.717) is 22.5 Å². The summed E-state index contributed by atoms with van der Waals surface area (Å²) in [6.07, 6.45) is 3.65. The highest BCUT2D eigenvalue weighted by molar-refractivity contribution is 6.07. The predicted molar refractivity (Wildman–Crippen MR) is 109 cm³/mol. The molecule has 0 aliphatic carbocycles. The van der Waals surface area contributed by atoms with Gasteiger partial charge < -0.3 is 10.2 Å². The van der Waals surface area contributed by atoms with Crippen molar-refractivity contribution in [3.8, 4) is 0 Å². The molecular formula is C22H22N4O2. The SMILES string of the molecule is CC(=O)c1cccc(Nc2c(C(=O)N3CCCC3)cnc3nc(C)ccc23)c1. The van der Waals surface area contributed by atoms with Crippen molar-refractivity contribution in [2.45, 2.75) is 26.7 Å². The van der Waals surface area contributed by atoms with Crippen molar-refractivity contribution in [1.29, 1.82) is 0 Å². The molecule has 1 amide bonds. The van der Waals surface area contributed by atoms with E-state index in [1.807, 2.05) is 36.1 Å². The molecule has 28 heavy (non-hydrogen) atoms. The molecule has 3 heterocycles. The van der Waals surface area contributed by atoms with E-state index in [4.69, 9.17) is 0 Å². The summed E-state index contributed by atoms with van der Waals surface area (Å²) < 4.78 is 0. The summed E-state index contributed by atoms with van der Waals surface area (Å²) in [5.74, 6) is -0.0356. The number of fused-ring (bicyclic) bond motifs is 1. The number of aryl methyl sites for hydroxylation is 1. The van der Waals surface area contributed by atoms with Crippen molar-refractivity contribution in [2.75, 3.05) is 18.4 Å². The summed E-state index contributed by atoms with van der Waals surface area (Å²) in [4.78, 5) is 35.6. The molecule has 1 N–H and O–H groups in total. The van der Waals surface area contributed by atoms with Crippen LogP contribution in [0.3, 0.4) is 0 Å². The van der Waals surface area contributed by atoms with Gasteiger partial charge in [0.2, 0.25) is 0 Å². The van der Waals surface area contributed by atoms with E-state index in [9.17, 15) is 9.59 Å². The molecular weight excluding hydrogens is 352 g/mol. The Morgan fingerprint density at radius 3 is 2.64 bits per heavy atom. The summed E-state index contributed by atoms with van der Waals surface area (Å²) in [5.41, 5.74) is 4.01. The Hall–Kier alpha value is -3.28. The minimum Gasteiger partial charge on any atom is -0.354 e. The largest absolute Gasteiger partial charge is 0.354 e. The van der Waals surface area contributed by atoms with E-state index in [0.717, 1.165) is 42.7 Å². The smallest absolute Gasteiger partial charge is 0.257 e. The van der Waals surface area contributed by atoms with Gasteiger partial charge in [0.05, 0.1) is 11.3 Å². The first-order chi connectivity index (χ1) is 13.5. The van der Waals surface area contributed by atoms with Crippen molar-refractivity contribution in [3.63, 3.8) is 0 Å². The van der Waals surface area contributed by atoms with Gasteiger partial charge in [0.1, 0.15) is 0 Å². The van der Waals surface area contributed by atoms with Gasteiger partial charge in [-0.3, -0.25) is 9.59 Å². The lowest BCUT2D eigenvalue weighted by Crippen LogP contribution is -2.28. The number of anilines is 2. The fourth-order valence-electron chi connectivity index (χ4n) is 3.52. The molecule has 1 aliphatic rings. The molecule has 3 aromatic rings. The monoisotopic (exact) mass is 374 g/mol. The molecule has 0 saturated carbocycles. The number of aromatic nitrogens is 2. The molecule has 142 valence electrons. The standard InChI is InChI=1S/C22H22N4O2/c1-14-8-9-18-20(25-17-7-5-6-16(12-17)15(2)27)19(13-23-21(18)24-14)22(28)26-10-3-4-11-26/h5-9,12-13H,3-4,10-11H2,1-2H3,(H,23,24,25). The van der Waals surface area contributed by atoms with Crippen LogP contribution in [0.25, 0.3) is 11.0 Å². The number of rotatable bonds is 4. The van der Waals surface area contributed by atoms with Crippen molar-refractivity contribution in [2.24, 2.45) is 0 Å². The van der Waals surface area contributed by atoms with Crippen molar-refractivity contribution in [3.05, 3.63) is 59.4 Å². The molecule has 0 unspecified atom stereocenters. The van der Waals surface area contributed by atoms with E-state index < -0.39 is 0 Å². The summed E-state index contributed by atoms with van der Waals surface area (Å²) in [6, 6.07) is 11.1. The number of carbonyl (C=O) groups excluding carboxylic acids is 2. The average Bonchev–Trinajstić information content (AvgIpc) is 3.22. The number of ketones is 1. The van der Waals surface area contributed by atoms with Gasteiger partial charge in [-0.05, 0) is 51.0 Å². The molecule has 4 rings (SSSR count). The number of carbonyl (C=O) groups is 2. The lowest BCUT2D eigenvalue weighted by atomic mass is 10.1. The highest BCUT2D eigenvalue weighted by Crippen LogP contribution is 2.30. The summed E-state index contributed by atoms with van der Waals surface area (Å²) in [6.45, 7) is 4.98. The third-order valence-electron chi connectivity index (χ3n) is 5.03. The fourth-order valence-corrected chi connectivity index (χ4v) is 3.52. The Balaban J connectivity index is 1.83. The normalized spacial score (nSPS) is 13.7. The lowest BCUT2D eigenvalue weighted by molar-refractivity contribution is 0.0793. The molecule has 0 atom stereocenters. The third kappa shape index (κ3) is 3.45. The van der Waals surface area contributed by atoms with E-state index in [1.54, 1.807) is 18.3 Å². The minimum atomic E-state index is -0.0299. The molecule has 6 nitrogen and oxygen atoms in total. The topological polar surface area (TPSA) is 75.2 Å². The maximum absolute atomic E-state index is 13.1. The molecule has 0 bridgehead atoms. The highest BCUT2D eigenvalue weighted by Gasteiger charge is 2.24. The van der Waals surface area contributed by atoms with Crippen LogP contribution in [0.15, 0.2) is 42.6 Å². The van der Waals surface area contributed by atoms with Gasteiger partial charge in [-0.1, -0.05) is 12.1 Å². The van der Waals surface area contributed by atoms with Crippen LogP contribution < -0.4 is 5.32 Å². The molecule has 2 aromatic heterocycles. The summed E-state index contributed by atoms with van der Waals surface area (Å²) in [5, 5.41) is 4.14. The van der Waals surface area contributed by atoms with Gasteiger partial charge in [0, 0.05) is 41.6 Å². The second kappa shape index (κ2) is 7.38. The van der Waals surface area contributed by atoms with Crippen LogP contribution in [0.4, 0.5) is 11.4 Å². The van der Waals surface area contributed by atoms with Gasteiger partial charge in [-0.2, -0.15) is 0 Å². The van der Waals surface area contributed by atoms with E-state index >= 15 is 0 Å². The van der Waals surface area contributed by atoms with Crippen molar-refractivity contribution < 1.29 is 9.59 Å². The first kappa shape index (κ1) is 18.1.